The van der Waals surface area contributed by atoms with E-state index in [0.29, 0.717) is 6.04 Å². The van der Waals surface area contributed by atoms with Crippen LogP contribution < -0.4 is 10.1 Å². The second-order valence-electron chi connectivity index (χ2n) is 5.84. The van der Waals surface area contributed by atoms with Crippen molar-refractivity contribution in [2.24, 2.45) is 0 Å². The molecule has 2 aromatic carbocycles. The topological polar surface area (TPSA) is 41.6 Å². The van der Waals surface area contributed by atoms with Crippen molar-refractivity contribution < 1.29 is 9.53 Å². The van der Waals surface area contributed by atoms with Crippen LogP contribution in [0.4, 0.5) is 0 Å². The molecule has 2 atom stereocenters. The molecule has 3 rings (SSSR count). The monoisotopic (exact) mass is 334 g/mol. The number of carbonyl (C=O) groups is 1. The van der Waals surface area contributed by atoms with Gasteiger partial charge in [0.2, 0.25) is 0 Å². The minimum atomic E-state index is 0. The van der Waals surface area contributed by atoms with E-state index in [-0.39, 0.29) is 31.0 Å². The van der Waals surface area contributed by atoms with Crippen LogP contribution in [0.25, 0.3) is 10.8 Å². The van der Waals surface area contributed by atoms with E-state index < -0.39 is 0 Å². The lowest BCUT2D eigenvalue weighted by Gasteiger charge is -2.38. The highest BCUT2D eigenvalue weighted by Crippen LogP contribution is 2.25. The molecule has 5 heteroatoms. The van der Waals surface area contributed by atoms with Crippen LogP contribution >= 0.6 is 12.4 Å². The molecule has 0 aromatic heterocycles. The van der Waals surface area contributed by atoms with Crippen molar-refractivity contribution in [1.29, 1.82) is 0 Å². The molecule has 1 fully saturated rings. The normalized spacial score (nSPS) is 20.9. The van der Waals surface area contributed by atoms with E-state index in [0.717, 1.165) is 29.6 Å². The van der Waals surface area contributed by atoms with Crippen LogP contribution in [0.15, 0.2) is 42.5 Å². The Kier molecular flexibility index (Phi) is 5.85. The van der Waals surface area contributed by atoms with Gasteiger partial charge in [-0.3, -0.25) is 4.79 Å². The number of rotatable bonds is 3. The molecule has 1 aliphatic heterocycles. The second-order valence-corrected chi connectivity index (χ2v) is 5.84. The predicted octanol–water partition coefficient (Wildman–Crippen LogP) is 2.85. The van der Waals surface area contributed by atoms with E-state index >= 15 is 0 Å². The molecular formula is C18H23ClN2O2. The van der Waals surface area contributed by atoms with Crippen molar-refractivity contribution >= 4 is 29.1 Å². The summed E-state index contributed by atoms with van der Waals surface area (Å²) in [4.78, 5) is 14.3. The Morgan fingerprint density at radius 2 is 1.96 bits per heavy atom. The summed E-state index contributed by atoms with van der Waals surface area (Å²) in [5.41, 5.74) is 0. The highest BCUT2D eigenvalue weighted by Gasteiger charge is 2.28. The molecule has 0 spiro atoms. The Morgan fingerprint density at radius 3 is 2.78 bits per heavy atom. The fourth-order valence-electron chi connectivity index (χ4n) is 2.95. The zero-order chi connectivity index (χ0) is 15.5. The molecule has 0 radical (unpaired) electrons. The van der Waals surface area contributed by atoms with Crippen LogP contribution in [-0.4, -0.2) is 42.6 Å². The first kappa shape index (κ1) is 17.6. The van der Waals surface area contributed by atoms with Crippen molar-refractivity contribution in [2.45, 2.75) is 25.9 Å². The van der Waals surface area contributed by atoms with E-state index in [1.54, 1.807) is 0 Å². The highest BCUT2D eigenvalue weighted by molar-refractivity contribution is 5.88. The summed E-state index contributed by atoms with van der Waals surface area (Å²) >= 11 is 0. The number of halogens is 1. The quantitative estimate of drug-likeness (QED) is 0.938. The van der Waals surface area contributed by atoms with Gasteiger partial charge in [0.15, 0.2) is 6.61 Å². The smallest absolute Gasteiger partial charge is 0.260 e. The average Bonchev–Trinajstić information content (AvgIpc) is 2.55. The minimum absolute atomic E-state index is 0. The van der Waals surface area contributed by atoms with Crippen LogP contribution in [0.1, 0.15) is 13.8 Å². The number of hydrogen-bond donors (Lipinski definition) is 1. The van der Waals surface area contributed by atoms with Gasteiger partial charge in [-0.25, -0.2) is 0 Å². The summed E-state index contributed by atoms with van der Waals surface area (Å²) in [6, 6.07) is 14.5. The second kappa shape index (κ2) is 7.66. The molecule has 2 unspecified atom stereocenters. The number of piperazine rings is 1. The molecule has 4 nitrogen and oxygen atoms in total. The molecule has 1 heterocycles. The maximum Gasteiger partial charge on any atom is 0.260 e. The molecular weight excluding hydrogens is 312 g/mol. The zero-order valence-electron chi connectivity index (χ0n) is 13.5. The van der Waals surface area contributed by atoms with Gasteiger partial charge in [-0.2, -0.15) is 0 Å². The van der Waals surface area contributed by atoms with Crippen molar-refractivity contribution in [2.75, 3.05) is 19.7 Å². The predicted molar refractivity (Wildman–Crippen MR) is 95.3 cm³/mol. The van der Waals surface area contributed by atoms with Crippen molar-refractivity contribution in [3.63, 3.8) is 0 Å². The molecule has 0 bridgehead atoms. The molecule has 0 aliphatic carbocycles. The molecule has 1 N–H and O–H groups in total. The molecule has 1 aliphatic rings. The number of hydrogen-bond acceptors (Lipinski definition) is 3. The van der Waals surface area contributed by atoms with E-state index in [4.69, 9.17) is 4.74 Å². The third kappa shape index (κ3) is 3.77. The van der Waals surface area contributed by atoms with Gasteiger partial charge in [0, 0.05) is 30.6 Å². The SMILES string of the molecule is CC1NCCN(C(=O)COc2cccc3ccccc23)C1C.Cl. The first-order valence-electron chi connectivity index (χ1n) is 7.80. The maximum absolute atomic E-state index is 12.4. The molecule has 23 heavy (non-hydrogen) atoms. The van der Waals surface area contributed by atoms with E-state index in [2.05, 4.69) is 19.2 Å². The molecule has 124 valence electrons. The van der Waals surface area contributed by atoms with E-state index in [9.17, 15) is 4.79 Å². The van der Waals surface area contributed by atoms with Gasteiger partial charge in [-0.15, -0.1) is 12.4 Å². The molecule has 1 amide bonds. The Morgan fingerprint density at radius 1 is 1.22 bits per heavy atom. The first-order valence-corrected chi connectivity index (χ1v) is 7.80. The Balaban J connectivity index is 0.00000192. The largest absolute Gasteiger partial charge is 0.483 e. The van der Waals surface area contributed by atoms with Gasteiger partial charge in [0.25, 0.3) is 5.91 Å². The van der Waals surface area contributed by atoms with Crippen molar-refractivity contribution in [1.82, 2.24) is 10.2 Å². The van der Waals surface area contributed by atoms with Crippen LogP contribution in [-0.2, 0) is 4.79 Å². The molecule has 1 saturated heterocycles. The summed E-state index contributed by atoms with van der Waals surface area (Å²) in [6.45, 7) is 5.85. The Bertz CT molecular complexity index is 672. The third-order valence-corrected chi connectivity index (χ3v) is 4.46. The summed E-state index contributed by atoms with van der Waals surface area (Å²) in [5, 5.41) is 5.54. The van der Waals surface area contributed by atoms with Crippen molar-refractivity contribution in [3.05, 3.63) is 42.5 Å². The van der Waals surface area contributed by atoms with Crippen LogP contribution in [0, 0.1) is 0 Å². The average molecular weight is 335 g/mol. The summed E-state index contributed by atoms with van der Waals surface area (Å²) in [7, 11) is 0. The first-order chi connectivity index (χ1) is 10.7. The fourth-order valence-corrected chi connectivity index (χ4v) is 2.95. The lowest BCUT2D eigenvalue weighted by molar-refractivity contribution is -0.137. The minimum Gasteiger partial charge on any atom is -0.483 e. The molecule has 0 saturated carbocycles. The summed E-state index contributed by atoms with van der Waals surface area (Å²) < 4.78 is 5.81. The maximum atomic E-state index is 12.4. The van der Waals surface area contributed by atoms with Crippen LogP contribution in [0.3, 0.4) is 0 Å². The number of fused-ring (bicyclic) bond motifs is 1. The van der Waals surface area contributed by atoms with Crippen LogP contribution in [0.5, 0.6) is 5.75 Å². The fraction of sp³-hybridized carbons (Fsp3) is 0.389. The van der Waals surface area contributed by atoms with Gasteiger partial charge < -0.3 is 15.0 Å². The lowest BCUT2D eigenvalue weighted by Crippen LogP contribution is -2.58. The number of carbonyl (C=O) groups excluding carboxylic acids is 1. The van der Waals surface area contributed by atoms with Gasteiger partial charge >= 0.3 is 0 Å². The van der Waals surface area contributed by atoms with Crippen molar-refractivity contribution in [3.8, 4) is 5.75 Å². The van der Waals surface area contributed by atoms with E-state index in [1.165, 1.54) is 0 Å². The zero-order valence-corrected chi connectivity index (χ0v) is 14.3. The number of nitrogens with zero attached hydrogens (tertiary/aromatic N) is 1. The van der Waals surface area contributed by atoms with Gasteiger partial charge in [-0.05, 0) is 25.3 Å². The van der Waals surface area contributed by atoms with Crippen LogP contribution in [0.2, 0.25) is 0 Å². The standard InChI is InChI=1S/C18H22N2O2.ClH/c1-13-14(2)20(11-10-19-13)18(21)12-22-17-9-5-7-15-6-3-4-8-16(15)17;/h3-9,13-14,19H,10-12H2,1-2H3;1H. The van der Waals surface area contributed by atoms with E-state index in [1.807, 2.05) is 47.4 Å². The number of ether oxygens (including phenoxy) is 1. The lowest BCUT2D eigenvalue weighted by atomic mass is 10.1. The molecule has 2 aromatic rings. The highest BCUT2D eigenvalue weighted by atomic mass is 35.5. The Hall–Kier alpha value is -1.78. The van der Waals surface area contributed by atoms with Gasteiger partial charge in [0.1, 0.15) is 5.75 Å². The van der Waals surface area contributed by atoms with Gasteiger partial charge in [-0.1, -0.05) is 36.4 Å². The number of amides is 1. The number of nitrogens with one attached hydrogen (secondary N) is 1. The summed E-state index contributed by atoms with van der Waals surface area (Å²) in [6.07, 6.45) is 0. The number of benzene rings is 2. The third-order valence-electron chi connectivity index (χ3n) is 4.46. The summed E-state index contributed by atoms with van der Waals surface area (Å²) in [5.74, 6) is 0.816. The Labute approximate surface area is 143 Å². The van der Waals surface area contributed by atoms with Gasteiger partial charge in [0.05, 0.1) is 0 Å².